The fraction of sp³-hybridized carbons (Fsp3) is 0.350. The second-order valence-corrected chi connectivity index (χ2v) is 8.86. The van der Waals surface area contributed by atoms with E-state index < -0.39 is 0 Å². The molecule has 6 heteroatoms. The van der Waals surface area contributed by atoms with Gasteiger partial charge in [-0.2, -0.15) is 0 Å². The van der Waals surface area contributed by atoms with Crippen molar-refractivity contribution in [1.29, 1.82) is 0 Å². The number of fused-ring (bicyclic) bond motifs is 1. The van der Waals surface area contributed by atoms with Gasteiger partial charge in [-0.15, -0.1) is 23.1 Å². The van der Waals surface area contributed by atoms with E-state index in [0.29, 0.717) is 28.6 Å². The first kappa shape index (κ1) is 18.9. The van der Waals surface area contributed by atoms with Crippen molar-refractivity contribution in [2.45, 2.75) is 39.4 Å². The van der Waals surface area contributed by atoms with Crippen LogP contribution in [0, 0.1) is 13.8 Å². The van der Waals surface area contributed by atoms with Crippen LogP contribution < -0.4 is 5.56 Å². The van der Waals surface area contributed by atoms with Crippen molar-refractivity contribution in [2.75, 3.05) is 5.75 Å². The summed E-state index contributed by atoms with van der Waals surface area (Å²) < 4.78 is 0. The fourth-order valence-electron chi connectivity index (χ4n) is 2.75. The van der Waals surface area contributed by atoms with Crippen LogP contribution in [0.5, 0.6) is 0 Å². The van der Waals surface area contributed by atoms with Crippen molar-refractivity contribution < 1.29 is 4.79 Å². The lowest BCUT2D eigenvalue weighted by molar-refractivity contribution is 0.102. The first-order valence-corrected chi connectivity index (χ1v) is 10.5. The molecule has 26 heavy (non-hydrogen) atoms. The summed E-state index contributed by atoms with van der Waals surface area (Å²) in [5.74, 6) is 2.05. The van der Waals surface area contributed by atoms with Gasteiger partial charge in [0, 0.05) is 10.4 Å². The Morgan fingerprint density at radius 2 is 1.92 bits per heavy atom. The molecule has 3 rings (SSSR count). The minimum Gasteiger partial charge on any atom is -0.309 e. The Labute approximate surface area is 161 Å². The molecule has 0 saturated carbocycles. The molecule has 0 radical (unpaired) electrons. The second-order valence-electron chi connectivity index (χ2n) is 6.67. The Morgan fingerprint density at radius 3 is 2.58 bits per heavy atom. The van der Waals surface area contributed by atoms with Gasteiger partial charge >= 0.3 is 0 Å². The number of aromatic nitrogens is 2. The molecule has 2 aromatic heterocycles. The number of aromatic amines is 1. The zero-order valence-electron chi connectivity index (χ0n) is 15.4. The third-order valence-electron chi connectivity index (χ3n) is 4.46. The van der Waals surface area contributed by atoms with E-state index in [0.717, 1.165) is 20.8 Å². The third-order valence-corrected chi connectivity index (χ3v) is 6.50. The van der Waals surface area contributed by atoms with Crippen molar-refractivity contribution in [2.24, 2.45) is 0 Å². The first-order valence-electron chi connectivity index (χ1n) is 8.56. The topological polar surface area (TPSA) is 62.8 Å². The summed E-state index contributed by atoms with van der Waals surface area (Å²) >= 11 is 3.01. The van der Waals surface area contributed by atoms with Crippen molar-refractivity contribution >= 4 is 39.1 Å². The van der Waals surface area contributed by atoms with E-state index in [1.54, 1.807) is 0 Å². The molecule has 0 aliphatic heterocycles. The van der Waals surface area contributed by atoms with Gasteiger partial charge in [-0.25, -0.2) is 4.98 Å². The lowest BCUT2D eigenvalue weighted by Gasteiger charge is -2.06. The fourth-order valence-corrected chi connectivity index (χ4v) is 4.58. The minimum absolute atomic E-state index is 0.0940. The van der Waals surface area contributed by atoms with Gasteiger partial charge in [-0.1, -0.05) is 38.1 Å². The molecule has 0 bridgehead atoms. The molecular formula is C20H22N2O2S2. The number of carbonyl (C=O) groups excluding carboxylic acids is 1. The number of ketones is 1. The Bertz CT molecular complexity index is 1000. The molecule has 2 heterocycles. The van der Waals surface area contributed by atoms with E-state index in [1.807, 2.05) is 38.1 Å². The number of thioether (sulfide) groups is 1. The normalized spacial score (nSPS) is 11.4. The molecule has 0 spiro atoms. The minimum atomic E-state index is -0.0944. The summed E-state index contributed by atoms with van der Waals surface area (Å²) in [5.41, 5.74) is 2.86. The average Bonchev–Trinajstić information content (AvgIpc) is 2.89. The van der Waals surface area contributed by atoms with Crippen LogP contribution in [0.15, 0.2) is 29.1 Å². The molecule has 136 valence electrons. The molecule has 0 saturated heterocycles. The van der Waals surface area contributed by atoms with Crippen molar-refractivity contribution in [3.63, 3.8) is 0 Å². The molecule has 0 unspecified atom stereocenters. The van der Waals surface area contributed by atoms with Gasteiger partial charge in [0.1, 0.15) is 10.7 Å². The van der Waals surface area contributed by atoms with Gasteiger partial charge < -0.3 is 4.98 Å². The lowest BCUT2D eigenvalue weighted by Crippen LogP contribution is -2.11. The molecule has 1 N–H and O–H groups in total. The molecule has 0 aliphatic rings. The number of H-pyrrole nitrogens is 1. The Hall–Kier alpha value is -1.92. The second kappa shape index (κ2) is 7.76. The SMILES string of the molecule is Cc1sc2nc(CSCC(=O)c3ccc(C(C)C)cc3)[nH]c(=O)c2c1C. The Balaban J connectivity index is 1.65. The van der Waals surface area contributed by atoms with E-state index in [-0.39, 0.29) is 11.3 Å². The summed E-state index contributed by atoms with van der Waals surface area (Å²) in [6.07, 6.45) is 0. The van der Waals surface area contributed by atoms with E-state index >= 15 is 0 Å². The summed E-state index contributed by atoms with van der Waals surface area (Å²) in [4.78, 5) is 33.9. The first-order chi connectivity index (χ1) is 12.4. The zero-order chi connectivity index (χ0) is 18.8. The Morgan fingerprint density at radius 1 is 1.23 bits per heavy atom. The predicted octanol–water partition coefficient (Wildman–Crippen LogP) is 4.84. The van der Waals surface area contributed by atoms with E-state index in [4.69, 9.17) is 0 Å². The summed E-state index contributed by atoms with van der Waals surface area (Å²) in [6.45, 7) is 8.21. The van der Waals surface area contributed by atoms with Gasteiger partial charge in [0.2, 0.25) is 0 Å². The van der Waals surface area contributed by atoms with Crippen LogP contribution in [0.3, 0.4) is 0 Å². The highest BCUT2D eigenvalue weighted by Gasteiger charge is 2.12. The highest BCUT2D eigenvalue weighted by atomic mass is 32.2. The highest BCUT2D eigenvalue weighted by molar-refractivity contribution is 7.99. The lowest BCUT2D eigenvalue weighted by atomic mass is 10.0. The predicted molar refractivity (Wildman–Crippen MR) is 111 cm³/mol. The molecule has 0 aliphatic carbocycles. The van der Waals surface area contributed by atoms with E-state index in [1.165, 1.54) is 28.7 Å². The van der Waals surface area contributed by atoms with Crippen LogP contribution in [-0.2, 0) is 5.75 Å². The van der Waals surface area contributed by atoms with E-state index in [2.05, 4.69) is 23.8 Å². The van der Waals surface area contributed by atoms with Crippen LogP contribution in [0.1, 0.15) is 52.0 Å². The highest BCUT2D eigenvalue weighted by Crippen LogP contribution is 2.26. The number of hydrogen-bond acceptors (Lipinski definition) is 5. The van der Waals surface area contributed by atoms with Gasteiger partial charge in [-0.3, -0.25) is 9.59 Å². The molecule has 0 amide bonds. The largest absolute Gasteiger partial charge is 0.309 e. The molecule has 3 aromatic rings. The number of Topliss-reactive ketones (excluding diaryl/α,β-unsaturated/α-hetero) is 1. The summed E-state index contributed by atoms with van der Waals surface area (Å²) in [5, 5.41) is 0.683. The number of thiophene rings is 1. The van der Waals surface area contributed by atoms with Crippen LogP contribution in [0.4, 0.5) is 0 Å². The standard InChI is InChI=1S/C20H22N2O2S2/c1-11(2)14-5-7-15(8-6-14)16(23)9-25-10-17-21-19(24)18-12(3)13(4)26-20(18)22-17/h5-8,11H,9-10H2,1-4H3,(H,21,22,24). The van der Waals surface area contributed by atoms with Crippen LogP contribution in [0.25, 0.3) is 10.2 Å². The van der Waals surface area contributed by atoms with Crippen LogP contribution in [0.2, 0.25) is 0 Å². The number of hydrogen-bond donors (Lipinski definition) is 1. The van der Waals surface area contributed by atoms with Crippen LogP contribution in [-0.4, -0.2) is 21.5 Å². The maximum atomic E-state index is 12.3. The monoisotopic (exact) mass is 386 g/mol. The van der Waals surface area contributed by atoms with E-state index in [9.17, 15) is 9.59 Å². The van der Waals surface area contributed by atoms with Crippen LogP contribution >= 0.6 is 23.1 Å². The molecule has 1 aromatic carbocycles. The van der Waals surface area contributed by atoms with Crippen molar-refractivity contribution in [3.8, 4) is 0 Å². The number of nitrogens with one attached hydrogen (secondary N) is 1. The maximum absolute atomic E-state index is 12.3. The van der Waals surface area contributed by atoms with Gasteiger partial charge in [-0.05, 0) is 30.9 Å². The zero-order valence-corrected chi connectivity index (χ0v) is 17.0. The summed E-state index contributed by atoms with van der Waals surface area (Å²) in [6, 6.07) is 7.80. The number of nitrogens with zero attached hydrogens (tertiary/aromatic N) is 1. The molecule has 0 fully saturated rings. The summed E-state index contributed by atoms with van der Waals surface area (Å²) in [7, 11) is 0. The van der Waals surface area contributed by atoms with Gasteiger partial charge in [0.15, 0.2) is 5.78 Å². The van der Waals surface area contributed by atoms with Gasteiger partial charge in [0.25, 0.3) is 5.56 Å². The third kappa shape index (κ3) is 3.91. The number of carbonyl (C=O) groups is 1. The van der Waals surface area contributed by atoms with Crippen molar-refractivity contribution in [1.82, 2.24) is 9.97 Å². The number of rotatable bonds is 6. The van der Waals surface area contributed by atoms with Gasteiger partial charge in [0.05, 0.1) is 16.9 Å². The average molecular weight is 387 g/mol. The molecule has 0 atom stereocenters. The molecule has 4 nitrogen and oxygen atoms in total. The number of benzene rings is 1. The Kier molecular flexibility index (Phi) is 5.63. The quantitative estimate of drug-likeness (QED) is 0.616. The van der Waals surface area contributed by atoms with Crippen molar-refractivity contribution in [3.05, 3.63) is 62.0 Å². The maximum Gasteiger partial charge on any atom is 0.259 e. The smallest absolute Gasteiger partial charge is 0.259 e. The number of aryl methyl sites for hydroxylation is 2. The molecular weight excluding hydrogens is 364 g/mol.